The van der Waals surface area contributed by atoms with E-state index in [1.54, 1.807) is 0 Å². The second-order valence-corrected chi connectivity index (χ2v) is 6.13. The van der Waals surface area contributed by atoms with Gasteiger partial charge >= 0.3 is 0 Å². The number of hydrazine groups is 1. The first kappa shape index (κ1) is 20.2. The molecule has 0 aromatic heterocycles. The normalized spacial score (nSPS) is 11.5. The number of hydrogen-bond acceptors (Lipinski definition) is 3. The number of nitrogens with one attached hydrogen (secondary N) is 3. The predicted molar refractivity (Wildman–Crippen MR) is 97.1 cm³/mol. The number of carbonyl (C=O) groups excluding carboxylic acids is 1. The quantitative estimate of drug-likeness (QED) is 0.361. The number of ether oxygens (including phenoxy) is 1. The number of halogens is 1. The Morgan fingerprint density at radius 3 is 2.62 bits per heavy atom. The molecule has 0 aliphatic carbocycles. The Morgan fingerprint density at radius 1 is 1.25 bits per heavy atom. The molecule has 7 heteroatoms. The first-order valence-corrected chi connectivity index (χ1v) is 8.63. The van der Waals surface area contributed by atoms with Gasteiger partial charge in [0, 0.05) is 6.54 Å². The molecule has 1 amide bonds. The van der Waals surface area contributed by atoms with Crippen molar-refractivity contribution in [3.8, 4) is 5.75 Å². The summed E-state index contributed by atoms with van der Waals surface area (Å²) in [6.45, 7) is 4.93. The first-order chi connectivity index (χ1) is 11.5. The van der Waals surface area contributed by atoms with Gasteiger partial charge in [-0.05, 0) is 48.8 Å². The van der Waals surface area contributed by atoms with Crippen molar-refractivity contribution < 1.29 is 13.9 Å². The highest BCUT2D eigenvalue weighted by atomic mass is 32.1. The molecule has 0 fully saturated rings. The average Bonchev–Trinajstić information content (AvgIpc) is 2.58. The van der Waals surface area contributed by atoms with E-state index in [4.69, 9.17) is 17.0 Å². The second-order valence-electron chi connectivity index (χ2n) is 5.73. The van der Waals surface area contributed by atoms with E-state index in [9.17, 15) is 9.18 Å². The lowest BCUT2D eigenvalue weighted by Crippen LogP contribution is -2.48. The minimum absolute atomic E-state index is 0.186. The number of hydrogen-bond donors (Lipinski definition) is 3. The van der Waals surface area contributed by atoms with Crippen molar-refractivity contribution in [1.29, 1.82) is 0 Å². The van der Waals surface area contributed by atoms with Crippen LogP contribution in [0.5, 0.6) is 5.75 Å². The molecule has 0 aliphatic rings. The topological polar surface area (TPSA) is 62.4 Å². The summed E-state index contributed by atoms with van der Waals surface area (Å²) in [5.74, 6) is 0.218. The van der Waals surface area contributed by atoms with Crippen LogP contribution >= 0.6 is 12.2 Å². The molecule has 134 valence electrons. The summed E-state index contributed by atoms with van der Waals surface area (Å²) in [6.07, 6.45) is 4.83. The molecule has 0 spiro atoms. The number of carbonyl (C=O) groups is 1. The maximum absolute atomic E-state index is 12.7. The molecule has 1 aromatic rings. The van der Waals surface area contributed by atoms with Gasteiger partial charge < -0.3 is 10.1 Å². The Bertz CT molecular complexity index is 511. The molecular weight excluding hydrogens is 329 g/mol. The van der Waals surface area contributed by atoms with Crippen LogP contribution in [-0.4, -0.2) is 24.2 Å². The molecule has 1 atom stereocenters. The minimum Gasteiger partial charge on any atom is -0.484 e. The summed E-state index contributed by atoms with van der Waals surface area (Å²) in [6, 6.07) is 5.46. The highest BCUT2D eigenvalue weighted by Crippen LogP contribution is 2.10. The summed E-state index contributed by atoms with van der Waals surface area (Å²) in [5, 5.41) is 3.44. The third-order valence-electron chi connectivity index (χ3n) is 3.41. The Hall–Kier alpha value is -1.89. The maximum atomic E-state index is 12.7. The molecule has 24 heavy (non-hydrogen) atoms. The van der Waals surface area contributed by atoms with Crippen LogP contribution in [0.25, 0.3) is 0 Å². The van der Waals surface area contributed by atoms with Gasteiger partial charge in [0.15, 0.2) is 11.7 Å². The monoisotopic (exact) mass is 355 g/mol. The van der Waals surface area contributed by atoms with E-state index in [0.717, 1.165) is 13.0 Å². The fourth-order valence-corrected chi connectivity index (χ4v) is 2.13. The van der Waals surface area contributed by atoms with Gasteiger partial charge in [0.25, 0.3) is 5.91 Å². The van der Waals surface area contributed by atoms with Crippen LogP contribution in [-0.2, 0) is 4.79 Å². The van der Waals surface area contributed by atoms with E-state index in [1.807, 2.05) is 0 Å². The number of amides is 1. The van der Waals surface area contributed by atoms with Crippen molar-refractivity contribution in [2.45, 2.75) is 39.5 Å². The average molecular weight is 355 g/mol. The molecule has 1 aromatic carbocycles. The van der Waals surface area contributed by atoms with E-state index >= 15 is 0 Å². The summed E-state index contributed by atoms with van der Waals surface area (Å²) in [7, 11) is 0. The standard InChI is InChI=1S/C17H26FN3O2S/c1-3-4-5-6-13(2)11-19-17(24)21-20-16(22)12-23-15-9-7-14(18)8-10-15/h7-10,13H,3-6,11-12H2,1-2H3,(H,20,22)(H2,19,21,24)/t13-/m0/s1. The van der Waals surface area contributed by atoms with Crippen molar-refractivity contribution in [1.82, 2.24) is 16.2 Å². The molecule has 0 unspecified atom stereocenters. The van der Waals surface area contributed by atoms with Gasteiger partial charge in [-0.2, -0.15) is 0 Å². The molecule has 0 heterocycles. The van der Waals surface area contributed by atoms with Crippen molar-refractivity contribution >= 4 is 23.2 Å². The molecule has 0 radical (unpaired) electrons. The van der Waals surface area contributed by atoms with Crippen molar-refractivity contribution in [3.63, 3.8) is 0 Å². The molecule has 5 nitrogen and oxygen atoms in total. The fraction of sp³-hybridized carbons (Fsp3) is 0.529. The van der Waals surface area contributed by atoms with Crippen LogP contribution in [0.1, 0.15) is 39.5 Å². The summed E-state index contributed by atoms with van der Waals surface area (Å²) < 4.78 is 18.0. The summed E-state index contributed by atoms with van der Waals surface area (Å²) in [4.78, 5) is 11.6. The Balaban J connectivity index is 2.12. The molecule has 0 saturated carbocycles. The largest absolute Gasteiger partial charge is 0.484 e. The van der Waals surface area contributed by atoms with Gasteiger partial charge in [0.1, 0.15) is 11.6 Å². The van der Waals surface area contributed by atoms with Crippen LogP contribution in [0.4, 0.5) is 4.39 Å². The van der Waals surface area contributed by atoms with E-state index in [2.05, 4.69) is 30.0 Å². The van der Waals surface area contributed by atoms with Crippen LogP contribution in [0, 0.1) is 11.7 Å². The van der Waals surface area contributed by atoms with Crippen molar-refractivity contribution in [3.05, 3.63) is 30.1 Å². The molecule has 1 rings (SSSR count). The third kappa shape index (κ3) is 9.29. The Labute approximate surface area is 148 Å². The zero-order chi connectivity index (χ0) is 17.8. The minimum atomic E-state index is -0.375. The number of thiocarbonyl (C=S) groups is 1. The SMILES string of the molecule is CCCCC[C@H](C)CNC(=S)NNC(=O)COc1ccc(F)cc1. The van der Waals surface area contributed by atoms with Gasteiger partial charge in [0.2, 0.25) is 0 Å². The van der Waals surface area contributed by atoms with E-state index in [0.29, 0.717) is 16.8 Å². The molecular formula is C17H26FN3O2S. The van der Waals surface area contributed by atoms with Crippen molar-refractivity contribution in [2.75, 3.05) is 13.2 Å². The predicted octanol–water partition coefficient (Wildman–Crippen LogP) is 2.92. The van der Waals surface area contributed by atoms with E-state index < -0.39 is 0 Å². The fourth-order valence-electron chi connectivity index (χ4n) is 2.00. The first-order valence-electron chi connectivity index (χ1n) is 8.22. The highest BCUT2D eigenvalue weighted by molar-refractivity contribution is 7.80. The zero-order valence-corrected chi connectivity index (χ0v) is 15.0. The summed E-state index contributed by atoms with van der Waals surface area (Å²) in [5.41, 5.74) is 5.08. The van der Waals surface area contributed by atoms with Gasteiger partial charge in [-0.1, -0.05) is 33.1 Å². The van der Waals surface area contributed by atoms with Crippen molar-refractivity contribution in [2.24, 2.45) is 5.92 Å². The lowest BCUT2D eigenvalue weighted by molar-refractivity contribution is -0.123. The molecule has 3 N–H and O–H groups in total. The van der Waals surface area contributed by atoms with Gasteiger partial charge in [-0.3, -0.25) is 15.6 Å². The van der Waals surface area contributed by atoms with Crippen LogP contribution in [0.3, 0.4) is 0 Å². The second kappa shape index (κ2) is 11.6. The smallest absolute Gasteiger partial charge is 0.276 e. The van der Waals surface area contributed by atoms with Crippen LogP contribution < -0.4 is 20.9 Å². The lowest BCUT2D eigenvalue weighted by atomic mass is 10.0. The molecule has 0 saturated heterocycles. The number of benzene rings is 1. The lowest BCUT2D eigenvalue weighted by Gasteiger charge is -2.15. The van der Waals surface area contributed by atoms with Gasteiger partial charge in [0.05, 0.1) is 0 Å². The van der Waals surface area contributed by atoms with Crippen LogP contribution in [0.2, 0.25) is 0 Å². The van der Waals surface area contributed by atoms with Gasteiger partial charge in [-0.15, -0.1) is 0 Å². The Kier molecular flexibility index (Phi) is 9.76. The number of unbranched alkanes of at least 4 members (excludes halogenated alkanes) is 2. The molecule has 0 bridgehead atoms. The van der Waals surface area contributed by atoms with E-state index in [-0.39, 0.29) is 18.3 Å². The van der Waals surface area contributed by atoms with Gasteiger partial charge in [-0.25, -0.2) is 4.39 Å². The maximum Gasteiger partial charge on any atom is 0.276 e. The summed E-state index contributed by atoms with van der Waals surface area (Å²) >= 11 is 5.10. The number of rotatable bonds is 9. The zero-order valence-electron chi connectivity index (χ0n) is 14.2. The Morgan fingerprint density at radius 2 is 1.96 bits per heavy atom. The third-order valence-corrected chi connectivity index (χ3v) is 3.66. The molecule has 0 aliphatic heterocycles. The van der Waals surface area contributed by atoms with Crippen LogP contribution in [0.15, 0.2) is 24.3 Å². The van der Waals surface area contributed by atoms with E-state index in [1.165, 1.54) is 43.5 Å². The highest BCUT2D eigenvalue weighted by Gasteiger charge is 2.05.